The van der Waals surface area contributed by atoms with Gasteiger partial charge in [-0.25, -0.2) is 4.79 Å². The summed E-state index contributed by atoms with van der Waals surface area (Å²) in [5.74, 6) is -0.0854. The molecule has 1 N–H and O–H groups in total. The Balaban J connectivity index is 1.85. The number of carbonyl (C=O) groups is 2. The topological polar surface area (TPSA) is 70.5 Å². The molecule has 2 rings (SSSR count). The van der Waals surface area contributed by atoms with Gasteiger partial charge >= 0.3 is 6.03 Å². The van der Waals surface area contributed by atoms with E-state index in [-0.39, 0.29) is 17.9 Å². The number of aromatic nitrogens is 2. The highest BCUT2D eigenvalue weighted by atomic mass is 16.2. The Kier molecular flexibility index (Phi) is 6.45. The Morgan fingerprint density at radius 2 is 2.04 bits per heavy atom. The van der Waals surface area contributed by atoms with E-state index in [9.17, 15) is 9.59 Å². The molecule has 140 valence electrons. The molecule has 0 radical (unpaired) electrons. The average Bonchev–Trinajstić information content (AvgIpc) is 2.87. The zero-order chi connectivity index (χ0) is 18.6. The molecular weight excluding hydrogens is 318 g/mol. The largest absolute Gasteiger partial charge is 0.354 e. The van der Waals surface area contributed by atoms with Crippen LogP contribution in [0.5, 0.6) is 0 Å². The van der Waals surface area contributed by atoms with Gasteiger partial charge in [0.1, 0.15) is 0 Å². The number of carbonyl (C=O) groups excluding carboxylic acids is 2. The van der Waals surface area contributed by atoms with Crippen LogP contribution in [0.15, 0.2) is 0 Å². The molecule has 25 heavy (non-hydrogen) atoms. The zero-order valence-corrected chi connectivity index (χ0v) is 16.1. The van der Waals surface area contributed by atoms with Gasteiger partial charge in [-0.1, -0.05) is 6.92 Å². The van der Waals surface area contributed by atoms with E-state index >= 15 is 0 Å². The van der Waals surface area contributed by atoms with Crippen molar-refractivity contribution in [2.45, 2.75) is 46.6 Å². The third kappa shape index (κ3) is 4.52. The molecule has 7 heteroatoms. The molecule has 1 fully saturated rings. The minimum absolute atomic E-state index is 0.0211. The number of piperidine rings is 1. The second kappa shape index (κ2) is 8.36. The number of nitrogens with zero attached hydrogens (tertiary/aromatic N) is 4. The minimum Gasteiger partial charge on any atom is -0.354 e. The Morgan fingerprint density at radius 3 is 2.64 bits per heavy atom. The van der Waals surface area contributed by atoms with Crippen molar-refractivity contribution in [3.63, 3.8) is 0 Å². The molecule has 0 bridgehead atoms. The van der Waals surface area contributed by atoms with Crippen molar-refractivity contribution in [2.75, 3.05) is 33.7 Å². The number of amides is 3. The summed E-state index contributed by atoms with van der Waals surface area (Å²) >= 11 is 0. The van der Waals surface area contributed by atoms with Gasteiger partial charge in [0.2, 0.25) is 5.91 Å². The van der Waals surface area contributed by atoms with Gasteiger partial charge in [-0.05, 0) is 38.7 Å². The molecule has 1 atom stereocenters. The number of urea groups is 1. The van der Waals surface area contributed by atoms with E-state index < -0.39 is 0 Å². The summed E-state index contributed by atoms with van der Waals surface area (Å²) in [5, 5.41) is 7.56. The third-order valence-electron chi connectivity index (χ3n) is 4.95. The summed E-state index contributed by atoms with van der Waals surface area (Å²) in [5.41, 5.74) is 3.53. The standard InChI is InChI=1S/C18H31N5O2/c1-6-16-13(2)20-23(14(16)3)11-9-19-17(24)15-8-7-10-22(12-15)18(25)21(4)5/h15H,6-12H2,1-5H3,(H,19,24)/t15-/m0/s1. The molecule has 1 aromatic heterocycles. The molecule has 1 aliphatic heterocycles. The van der Waals surface area contributed by atoms with Gasteiger partial charge in [-0.2, -0.15) is 5.10 Å². The van der Waals surface area contributed by atoms with Gasteiger partial charge in [0.05, 0.1) is 18.2 Å². The SMILES string of the molecule is CCc1c(C)nn(CCNC(=O)[C@H]2CCCN(C(=O)N(C)C)C2)c1C. The highest BCUT2D eigenvalue weighted by Crippen LogP contribution is 2.17. The van der Waals surface area contributed by atoms with Crippen LogP contribution in [0.4, 0.5) is 4.79 Å². The van der Waals surface area contributed by atoms with Crippen LogP contribution in [0.2, 0.25) is 0 Å². The predicted octanol–water partition coefficient (Wildman–Crippen LogP) is 1.57. The molecule has 3 amide bonds. The second-order valence-electron chi connectivity index (χ2n) is 6.98. The van der Waals surface area contributed by atoms with E-state index in [0.717, 1.165) is 31.5 Å². The molecule has 0 aliphatic carbocycles. The van der Waals surface area contributed by atoms with Gasteiger partial charge < -0.3 is 15.1 Å². The number of hydrogen-bond donors (Lipinski definition) is 1. The molecule has 0 unspecified atom stereocenters. The highest BCUT2D eigenvalue weighted by Gasteiger charge is 2.28. The van der Waals surface area contributed by atoms with E-state index in [4.69, 9.17) is 0 Å². The Bertz CT molecular complexity index is 623. The first-order valence-electron chi connectivity index (χ1n) is 9.12. The lowest BCUT2D eigenvalue weighted by Gasteiger charge is -2.33. The number of nitrogens with one attached hydrogen (secondary N) is 1. The smallest absolute Gasteiger partial charge is 0.319 e. The number of rotatable bonds is 5. The normalized spacial score (nSPS) is 17.5. The van der Waals surface area contributed by atoms with Crippen LogP contribution in [0.1, 0.15) is 36.7 Å². The molecule has 0 aromatic carbocycles. The quantitative estimate of drug-likeness (QED) is 0.877. The Hall–Kier alpha value is -2.05. The van der Waals surface area contributed by atoms with Gasteiger partial charge in [0.25, 0.3) is 0 Å². The first-order chi connectivity index (χ1) is 11.8. The third-order valence-corrected chi connectivity index (χ3v) is 4.95. The van der Waals surface area contributed by atoms with Crippen LogP contribution in [0, 0.1) is 19.8 Å². The molecule has 1 aromatic rings. The first kappa shape index (κ1) is 19.3. The van der Waals surface area contributed by atoms with E-state index in [2.05, 4.69) is 24.3 Å². The predicted molar refractivity (Wildman–Crippen MR) is 97.5 cm³/mol. The van der Waals surface area contributed by atoms with Crippen LogP contribution in [0.25, 0.3) is 0 Å². The average molecular weight is 349 g/mol. The van der Waals surface area contributed by atoms with Gasteiger partial charge in [-0.15, -0.1) is 0 Å². The second-order valence-corrected chi connectivity index (χ2v) is 6.98. The summed E-state index contributed by atoms with van der Waals surface area (Å²) in [6.45, 7) is 8.70. The summed E-state index contributed by atoms with van der Waals surface area (Å²) < 4.78 is 1.97. The monoisotopic (exact) mass is 349 g/mol. The van der Waals surface area contributed by atoms with E-state index in [0.29, 0.717) is 19.6 Å². The molecule has 0 spiro atoms. The van der Waals surface area contributed by atoms with Crippen molar-refractivity contribution in [3.05, 3.63) is 17.0 Å². The fourth-order valence-corrected chi connectivity index (χ4v) is 3.54. The maximum absolute atomic E-state index is 12.4. The summed E-state index contributed by atoms with van der Waals surface area (Å²) in [7, 11) is 3.48. The van der Waals surface area contributed by atoms with Crippen molar-refractivity contribution in [3.8, 4) is 0 Å². The van der Waals surface area contributed by atoms with Gasteiger partial charge in [-0.3, -0.25) is 9.48 Å². The highest BCUT2D eigenvalue weighted by molar-refractivity contribution is 5.80. The lowest BCUT2D eigenvalue weighted by molar-refractivity contribution is -0.126. The van der Waals surface area contributed by atoms with Crippen LogP contribution < -0.4 is 5.32 Å². The fourth-order valence-electron chi connectivity index (χ4n) is 3.54. The lowest BCUT2D eigenvalue weighted by Crippen LogP contribution is -2.48. The maximum Gasteiger partial charge on any atom is 0.319 e. The Labute approximate surface area is 150 Å². The molecule has 0 saturated carbocycles. The maximum atomic E-state index is 12.4. The van der Waals surface area contributed by atoms with E-state index in [1.165, 1.54) is 11.3 Å². The van der Waals surface area contributed by atoms with Crippen LogP contribution in [0.3, 0.4) is 0 Å². The van der Waals surface area contributed by atoms with Crippen molar-refractivity contribution < 1.29 is 9.59 Å². The van der Waals surface area contributed by atoms with Gasteiger partial charge in [0, 0.05) is 39.4 Å². The van der Waals surface area contributed by atoms with Crippen LogP contribution in [-0.4, -0.2) is 65.2 Å². The zero-order valence-electron chi connectivity index (χ0n) is 16.1. The lowest BCUT2D eigenvalue weighted by atomic mass is 9.97. The number of aryl methyl sites for hydroxylation is 1. The first-order valence-corrected chi connectivity index (χ1v) is 9.12. The van der Waals surface area contributed by atoms with Crippen molar-refractivity contribution >= 4 is 11.9 Å². The molecule has 1 aliphatic rings. The number of likely N-dealkylation sites (tertiary alicyclic amines) is 1. The van der Waals surface area contributed by atoms with Crippen LogP contribution in [-0.2, 0) is 17.8 Å². The van der Waals surface area contributed by atoms with E-state index in [1.54, 1.807) is 23.9 Å². The molecule has 2 heterocycles. The fraction of sp³-hybridized carbons (Fsp3) is 0.722. The summed E-state index contributed by atoms with van der Waals surface area (Å²) in [6.07, 6.45) is 2.68. The van der Waals surface area contributed by atoms with Crippen LogP contribution >= 0.6 is 0 Å². The van der Waals surface area contributed by atoms with Gasteiger partial charge in [0.15, 0.2) is 0 Å². The van der Waals surface area contributed by atoms with Crippen molar-refractivity contribution in [1.82, 2.24) is 24.9 Å². The summed E-state index contributed by atoms with van der Waals surface area (Å²) in [4.78, 5) is 27.9. The van der Waals surface area contributed by atoms with E-state index in [1.807, 2.05) is 11.6 Å². The molecule has 1 saturated heterocycles. The summed E-state index contributed by atoms with van der Waals surface area (Å²) in [6, 6.07) is -0.0211. The Morgan fingerprint density at radius 1 is 1.32 bits per heavy atom. The van der Waals surface area contributed by atoms with Crippen molar-refractivity contribution in [1.29, 1.82) is 0 Å². The number of hydrogen-bond acceptors (Lipinski definition) is 3. The van der Waals surface area contributed by atoms with Crippen molar-refractivity contribution in [2.24, 2.45) is 5.92 Å². The minimum atomic E-state index is -0.121. The molecular formula is C18H31N5O2. The molecule has 7 nitrogen and oxygen atoms in total.